The van der Waals surface area contributed by atoms with Crippen molar-refractivity contribution in [2.45, 2.75) is 6.92 Å². The lowest BCUT2D eigenvalue weighted by Crippen LogP contribution is -2.19. The predicted molar refractivity (Wildman–Crippen MR) is 85.1 cm³/mol. The monoisotopic (exact) mass is 356 g/mol. The summed E-state index contributed by atoms with van der Waals surface area (Å²) < 4.78 is 26.9. The molecule has 0 heterocycles. The van der Waals surface area contributed by atoms with Crippen molar-refractivity contribution in [2.75, 3.05) is 10.6 Å². The Morgan fingerprint density at radius 1 is 1.10 bits per heavy atom. The molecule has 0 aliphatic rings. The highest BCUT2D eigenvalue weighted by atomic mass is 79.9. The van der Waals surface area contributed by atoms with Crippen molar-refractivity contribution in [3.05, 3.63) is 58.1 Å². The first-order valence-corrected chi connectivity index (χ1v) is 6.95. The van der Waals surface area contributed by atoms with Crippen LogP contribution in [-0.4, -0.2) is 5.11 Å². The Morgan fingerprint density at radius 3 is 2.50 bits per heavy atom. The molecule has 2 rings (SSSR count). The summed E-state index contributed by atoms with van der Waals surface area (Å²) in [6.07, 6.45) is 0. The van der Waals surface area contributed by atoms with Gasteiger partial charge in [0.05, 0.1) is 5.69 Å². The van der Waals surface area contributed by atoms with Crippen LogP contribution in [0.5, 0.6) is 0 Å². The molecule has 0 spiro atoms. The van der Waals surface area contributed by atoms with E-state index in [0.29, 0.717) is 26.5 Å². The summed E-state index contributed by atoms with van der Waals surface area (Å²) in [6.45, 7) is 1.69. The standard InChI is InChI=1S/C14H11BrF2N2S/c1-8-2-4-10(7-12(8)17)18-14(20)19-13-5-3-9(16)6-11(13)15/h2-7H,1H3,(H2,18,19,20). The smallest absolute Gasteiger partial charge is 0.175 e. The average molecular weight is 357 g/mol. The zero-order valence-corrected chi connectivity index (χ0v) is 12.9. The molecule has 2 nitrogen and oxygen atoms in total. The van der Waals surface area contributed by atoms with E-state index < -0.39 is 0 Å². The topological polar surface area (TPSA) is 24.1 Å². The van der Waals surface area contributed by atoms with Gasteiger partial charge in [0, 0.05) is 10.2 Å². The fourth-order valence-corrected chi connectivity index (χ4v) is 2.22. The van der Waals surface area contributed by atoms with Crippen LogP contribution in [0.15, 0.2) is 40.9 Å². The van der Waals surface area contributed by atoms with Crippen LogP contribution in [0.1, 0.15) is 5.56 Å². The maximum absolute atomic E-state index is 13.4. The van der Waals surface area contributed by atoms with Crippen molar-refractivity contribution in [3.8, 4) is 0 Å². The summed E-state index contributed by atoms with van der Waals surface area (Å²) in [5, 5.41) is 6.06. The normalized spacial score (nSPS) is 10.2. The Balaban J connectivity index is 2.07. The van der Waals surface area contributed by atoms with Gasteiger partial charge in [0.15, 0.2) is 5.11 Å². The van der Waals surface area contributed by atoms with Gasteiger partial charge >= 0.3 is 0 Å². The number of thiocarbonyl (C=S) groups is 1. The van der Waals surface area contributed by atoms with Gasteiger partial charge in [-0.05, 0) is 71.0 Å². The maximum Gasteiger partial charge on any atom is 0.175 e. The van der Waals surface area contributed by atoms with Gasteiger partial charge in [-0.3, -0.25) is 0 Å². The van der Waals surface area contributed by atoms with Crippen LogP contribution in [0, 0.1) is 18.6 Å². The van der Waals surface area contributed by atoms with Gasteiger partial charge in [0.2, 0.25) is 0 Å². The molecular weight excluding hydrogens is 346 g/mol. The Hall–Kier alpha value is -1.53. The van der Waals surface area contributed by atoms with Crippen molar-refractivity contribution >= 4 is 44.6 Å². The number of rotatable bonds is 2. The van der Waals surface area contributed by atoms with Crippen LogP contribution in [0.2, 0.25) is 0 Å². The minimum absolute atomic E-state index is 0.292. The second-order valence-corrected chi connectivity index (χ2v) is 5.43. The van der Waals surface area contributed by atoms with Crippen LogP contribution in [0.3, 0.4) is 0 Å². The fourth-order valence-electron chi connectivity index (χ4n) is 1.55. The molecule has 0 unspecified atom stereocenters. The molecule has 2 N–H and O–H groups in total. The third kappa shape index (κ3) is 3.74. The quantitative estimate of drug-likeness (QED) is 0.752. The average Bonchev–Trinajstić information content (AvgIpc) is 2.37. The SMILES string of the molecule is Cc1ccc(NC(=S)Nc2ccc(F)cc2Br)cc1F. The van der Waals surface area contributed by atoms with E-state index in [9.17, 15) is 8.78 Å². The summed E-state index contributed by atoms with van der Waals surface area (Å²) in [7, 11) is 0. The van der Waals surface area contributed by atoms with Crippen molar-refractivity contribution < 1.29 is 8.78 Å². The molecule has 0 aliphatic heterocycles. The molecule has 0 aliphatic carbocycles. The zero-order valence-electron chi connectivity index (χ0n) is 10.5. The summed E-state index contributed by atoms with van der Waals surface area (Å²) in [4.78, 5) is 0. The highest BCUT2D eigenvalue weighted by molar-refractivity contribution is 9.10. The minimum atomic E-state index is -0.345. The first-order chi connectivity index (χ1) is 9.45. The first kappa shape index (κ1) is 14.9. The molecule has 104 valence electrons. The second kappa shape index (κ2) is 6.28. The third-order valence-corrected chi connectivity index (χ3v) is 3.47. The van der Waals surface area contributed by atoms with Gasteiger partial charge in [-0.15, -0.1) is 0 Å². The van der Waals surface area contributed by atoms with E-state index in [2.05, 4.69) is 26.6 Å². The molecule has 0 saturated heterocycles. The molecule has 0 radical (unpaired) electrons. The molecule has 0 atom stereocenters. The summed E-state index contributed by atoms with van der Waals surface area (Å²) in [5.41, 5.74) is 1.73. The van der Waals surface area contributed by atoms with E-state index in [1.165, 1.54) is 18.2 Å². The molecule has 0 fully saturated rings. The predicted octanol–water partition coefficient (Wildman–Crippen LogP) is 4.84. The summed E-state index contributed by atoms with van der Waals surface area (Å²) in [6, 6.07) is 8.96. The Labute approximate surface area is 129 Å². The van der Waals surface area contributed by atoms with E-state index in [-0.39, 0.29) is 11.6 Å². The van der Waals surface area contributed by atoms with E-state index >= 15 is 0 Å². The second-order valence-electron chi connectivity index (χ2n) is 4.17. The van der Waals surface area contributed by atoms with Gasteiger partial charge in [-0.2, -0.15) is 0 Å². The lowest BCUT2D eigenvalue weighted by Gasteiger charge is -2.12. The number of halogens is 3. The molecule has 6 heteroatoms. The molecule has 20 heavy (non-hydrogen) atoms. The molecular formula is C14H11BrF2N2S. The molecule has 0 bridgehead atoms. The van der Waals surface area contributed by atoms with Gasteiger partial charge in [-0.1, -0.05) is 6.07 Å². The van der Waals surface area contributed by atoms with Gasteiger partial charge in [-0.25, -0.2) is 8.78 Å². The number of benzene rings is 2. The largest absolute Gasteiger partial charge is 0.332 e. The molecule has 0 aromatic heterocycles. The van der Waals surface area contributed by atoms with Gasteiger partial charge in [0.25, 0.3) is 0 Å². The van der Waals surface area contributed by atoms with Crippen molar-refractivity contribution in [1.82, 2.24) is 0 Å². The number of hydrogen-bond donors (Lipinski definition) is 2. The van der Waals surface area contributed by atoms with Crippen LogP contribution >= 0.6 is 28.1 Å². The van der Waals surface area contributed by atoms with Crippen LogP contribution < -0.4 is 10.6 Å². The maximum atomic E-state index is 13.4. The molecule has 0 saturated carbocycles. The Kier molecular flexibility index (Phi) is 4.67. The first-order valence-electron chi connectivity index (χ1n) is 5.75. The Morgan fingerprint density at radius 2 is 1.85 bits per heavy atom. The number of aryl methyl sites for hydroxylation is 1. The van der Waals surface area contributed by atoms with E-state index in [0.717, 1.165) is 0 Å². The van der Waals surface area contributed by atoms with Crippen molar-refractivity contribution in [2.24, 2.45) is 0 Å². The van der Waals surface area contributed by atoms with Gasteiger partial charge < -0.3 is 10.6 Å². The highest BCUT2D eigenvalue weighted by Crippen LogP contribution is 2.23. The van der Waals surface area contributed by atoms with E-state index in [1.807, 2.05) is 0 Å². The summed E-state index contributed by atoms with van der Waals surface area (Å²) >= 11 is 8.36. The Bertz CT molecular complexity index is 662. The third-order valence-electron chi connectivity index (χ3n) is 2.61. The minimum Gasteiger partial charge on any atom is -0.332 e. The number of hydrogen-bond acceptors (Lipinski definition) is 1. The lowest BCUT2D eigenvalue weighted by atomic mass is 10.2. The number of nitrogens with one attached hydrogen (secondary N) is 2. The van der Waals surface area contributed by atoms with Gasteiger partial charge in [0.1, 0.15) is 11.6 Å². The fraction of sp³-hybridized carbons (Fsp3) is 0.0714. The van der Waals surface area contributed by atoms with Crippen LogP contribution in [-0.2, 0) is 0 Å². The molecule has 2 aromatic rings. The van der Waals surface area contributed by atoms with Crippen LogP contribution in [0.25, 0.3) is 0 Å². The van der Waals surface area contributed by atoms with Crippen LogP contribution in [0.4, 0.5) is 20.2 Å². The van der Waals surface area contributed by atoms with E-state index in [1.54, 1.807) is 25.1 Å². The van der Waals surface area contributed by atoms with Crippen molar-refractivity contribution in [1.29, 1.82) is 0 Å². The highest BCUT2D eigenvalue weighted by Gasteiger charge is 2.05. The summed E-state index contributed by atoms with van der Waals surface area (Å²) in [5.74, 6) is -0.650. The van der Waals surface area contributed by atoms with E-state index in [4.69, 9.17) is 12.2 Å². The number of anilines is 2. The van der Waals surface area contributed by atoms with Crippen molar-refractivity contribution in [3.63, 3.8) is 0 Å². The molecule has 2 aromatic carbocycles. The molecule has 0 amide bonds. The lowest BCUT2D eigenvalue weighted by molar-refractivity contribution is 0.619. The zero-order chi connectivity index (χ0) is 14.7.